The Morgan fingerprint density at radius 1 is 1.70 bits per heavy atom. The van der Waals surface area contributed by atoms with Crippen molar-refractivity contribution in [2.75, 3.05) is 5.88 Å². The monoisotopic (exact) mass is 156 g/mol. The van der Waals surface area contributed by atoms with E-state index in [9.17, 15) is 0 Å². The zero-order valence-corrected chi connectivity index (χ0v) is 7.28. The summed E-state index contributed by atoms with van der Waals surface area (Å²) in [4.78, 5) is 0. The summed E-state index contributed by atoms with van der Waals surface area (Å²) in [5.41, 5.74) is 1.56. The van der Waals surface area contributed by atoms with Crippen molar-refractivity contribution in [1.29, 1.82) is 0 Å². The van der Waals surface area contributed by atoms with E-state index in [0.717, 1.165) is 6.42 Å². The van der Waals surface area contributed by atoms with Crippen LogP contribution < -0.4 is 0 Å². The van der Waals surface area contributed by atoms with Crippen molar-refractivity contribution in [3.63, 3.8) is 0 Å². The van der Waals surface area contributed by atoms with Crippen LogP contribution in [0.2, 0.25) is 0 Å². The Labute approximate surface area is 67.6 Å². The number of allylic oxidation sites excluding steroid dienone is 4. The summed E-state index contributed by atoms with van der Waals surface area (Å²) in [5, 5.41) is 0. The number of halogens is 1. The molecule has 0 aliphatic heterocycles. The van der Waals surface area contributed by atoms with Crippen molar-refractivity contribution in [2.24, 2.45) is 5.41 Å². The molecular weight excluding hydrogens is 144 g/mol. The quantitative estimate of drug-likeness (QED) is 0.512. The molecule has 0 heterocycles. The van der Waals surface area contributed by atoms with Gasteiger partial charge in [-0.1, -0.05) is 30.7 Å². The maximum atomic E-state index is 5.79. The summed E-state index contributed by atoms with van der Waals surface area (Å²) in [6.45, 7) is 4.30. The summed E-state index contributed by atoms with van der Waals surface area (Å²) in [6, 6.07) is 0. The third-order valence-electron chi connectivity index (χ3n) is 1.94. The zero-order valence-electron chi connectivity index (χ0n) is 6.52. The van der Waals surface area contributed by atoms with E-state index in [0.29, 0.717) is 5.88 Å². The van der Waals surface area contributed by atoms with Crippen LogP contribution in [0.5, 0.6) is 0 Å². The molecule has 0 radical (unpaired) electrons. The summed E-state index contributed by atoms with van der Waals surface area (Å²) < 4.78 is 0. The Morgan fingerprint density at radius 3 is 2.80 bits per heavy atom. The molecule has 0 saturated carbocycles. The third kappa shape index (κ3) is 1.63. The van der Waals surface area contributed by atoms with Gasteiger partial charge in [0.1, 0.15) is 0 Å². The van der Waals surface area contributed by atoms with Gasteiger partial charge >= 0.3 is 0 Å². The molecule has 0 amide bonds. The Bertz CT molecular complexity index is 179. The first-order chi connectivity index (χ1) is 4.66. The van der Waals surface area contributed by atoms with Gasteiger partial charge in [0.25, 0.3) is 0 Å². The highest BCUT2D eigenvalue weighted by Crippen LogP contribution is 2.29. The number of rotatable bonds is 1. The third-order valence-corrected chi connectivity index (χ3v) is 2.55. The van der Waals surface area contributed by atoms with Gasteiger partial charge < -0.3 is 0 Å². The first kappa shape index (κ1) is 7.87. The van der Waals surface area contributed by atoms with Gasteiger partial charge in [-0.05, 0) is 13.3 Å². The molecule has 0 fully saturated rings. The van der Waals surface area contributed by atoms with E-state index in [2.05, 4.69) is 32.1 Å². The lowest BCUT2D eigenvalue weighted by molar-refractivity contribution is 0.489. The maximum absolute atomic E-state index is 5.79. The molecule has 0 aromatic rings. The van der Waals surface area contributed by atoms with Gasteiger partial charge in [0.2, 0.25) is 0 Å². The fraction of sp³-hybridized carbons (Fsp3) is 0.556. The normalized spacial score (nSPS) is 32.1. The van der Waals surface area contributed by atoms with Crippen LogP contribution in [0.4, 0.5) is 0 Å². The van der Waals surface area contributed by atoms with Gasteiger partial charge in [-0.15, -0.1) is 11.6 Å². The van der Waals surface area contributed by atoms with Crippen LogP contribution in [0.1, 0.15) is 20.3 Å². The van der Waals surface area contributed by atoms with Crippen LogP contribution in [0.25, 0.3) is 0 Å². The molecule has 0 aromatic carbocycles. The lowest BCUT2D eigenvalue weighted by Crippen LogP contribution is -2.16. The highest BCUT2D eigenvalue weighted by Gasteiger charge is 2.19. The first-order valence-corrected chi connectivity index (χ1v) is 4.12. The van der Waals surface area contributed by atoms with Crippen LogP contribution in [0, 0.1) is 5.41 Å². The molecule has 0 N–H and O–H groups in total. The SMILES string of the molecule is CC1=CCC(C)(CCl)C=C1. The second kappa shape index (κ2) is 2.79. The molecule has 0 saturated heterocycles. The number of hydrogen-bond acceptors (Lipinski definition) is 0. The van der Waals surface area contributed by atoms with E-state index in [-0.39, 0.29) is 5.41 Å². The van der Waals surface area contributed by atoms with Gasteiger partial charge in [-0.25, -0.2) is 0 Å². The Kier molecular flexibility index (Phi) is 2.20. The average molecular weight is 157 g/mol. The van der Waals surface area contributed by atoms with Crippen molar-refractivity contribution in [1.82, 2.24) is 0 Å². The highest BCUT2D eigenvalue weighted by atomic mass is 35.5. The van der Waals surface area contributed by atoms with Crippen molar-refractivity contribution in [2.45, 2.75) is 20.3 Å². The molecule has 10 heavy (non-hydrogen) atoms. The smallest absolute Gasteiger partial charge is 0.0315 e. The summed E-state index contributed by atoms with van der Waals surface area (Å²) in [6.07, 6.45) is 7.67. The first-order valence-electron chi connectivity index (χ1n) is 3.58. The highest BCUT2D eigenvalue weighted by molar-refractivity contribution is 6.18. The molecular formula is C9H13Cl. The van der Waals surface area contributed by atoms with Gasteiger partial charge in [-0.3, -0.25) is 0 Å². The predicted molar refractivity (Wildman–Crippen MR) is 46.3 cm³/mol. The van der Waals surface area contributed by atoms with Crippen molar-refractivity contribution < 1.29 is 0 Å². The van der Waals surface area contributed by atoms with Crippen molar-refractivity contribution in [3.05, 3.63) is 23.8 Å². The predicted octanol–water partition coefficient (Wildman–Crippen LogP) is 3.14. The van der Waals surface area contributed by atoms with Crippen molar-refractivity contribution in [3.8, 4) is 0 Å². The molecule has 1 aliphatic rings. The Balaban J connectivity index is 2.67. The molecule has 0 nitrogen and oxygen atoms in total. The van der Waals surface area contributed by atoms with Crippen LogP contribution >= 0.6 is 11.6 Å². The Morgan fingerprint density at radius 2 is 2.40 bits per heavy atom. The molecule has 1 rings (SSSR count). The van der Waals surface area contributed by atoms with Crippen LogP contribution in [0.3, 0.4) is 0 Å². The fourth-order valence-corrected chi connectivity index (χ4v) is 1.16. The van der Waals surface area contributed by atoms with E-state index < -0.39 is 0 Å². The molecule has 0 aromatic heterocycles. The molecule has 1 heteroatoms. The van der Waals surface area contributed by atoms with E-state index in [1.807, 2.05) is 0 Å². The second-order valence-corrected chi connectivity index (χ2v) is 3.54. The second-order valence-electron chi connectivity index (χ2n) is 3.27. The van der Waals surface area contributed by atoms with Gasteiger partial charge in [0.15, 0.2) is 0 Å². The topological polar surface area (TPSA) is 0 Å². The number of alkyl halides is 1. The summed E-state index contributed by atoms with van der Waals surface area (Å²) in [7, 11) is 0. The molecule has 1 atom stereocenters. The standard InChI is InChI=1S/C9H13Cl/c1-8-3-5-9(2,7-10)6-4-8/h3-5H,6-7H2,1-2H3. The minimum absolute atomic E-state index is 0.209. The lowest BCUT2D eigenvalue weighted by Gasteiger charge is -2.24. The largest absolute Gasteiger partial charge is 0.126 e. The molecule has 56 valence electrons. The number of hydrogen-bond donors (Lipinski definition) is 0. The molecule has 1 unspecified atom stereocenters. The molecule has 0 spiro atoms. The van der Waals surface area contributed by atoms with E-state index in [1.54, 1.807) is 0 Å². The molecule has 0 bridgehead atoms. The summed E-state index contributed by atoms with van der Waals surface area (Å²) in [5.74, 6) is 0.716. The van der Waals surface area contributed by atoms with Crippen molar-refractivity contribution >= 4 is 11.6 Å². The maximum Gasteiger partial charge on any atom is 0.0315 e. The lowest BCUT2D eigenvalue weighted by atomic mass is 9.84. The van der Waals surface area contributed by atoms with Crippen LogP contribution in [-0.2, 0) is 0 Å². The Hall–Kier alpha value is -0.230. The minimum atomic E-state index is 0.209. The van der Waals surface area contributed by atoms with Crippen LogP contribution in [0.15, 0.2) is 23.8 Å². The van der Waals surface area contributed by atoms with E-state index in [1.165, 1.54) is 5.57 Å². The summed E-state index contributed by atoms with van der Waals surface area (Å²) >= 11 is 5.79. The van der Waals surface area contributed by atoms with Gasteiger partial charge in [-0.2, -0.15) is 0 Å². The zero-order chi connectivity index (χ0) is 7.61. The van der Waals surface area contributed by atoms with Gasteiger partial charge in [0, 0.05) is 11.3 Å². The average Bonchev–Trinajstić information content (AvgIpc) is 1.96. The van der Waals surface area contributed by atoms with Gasteiger partial charge in [0.05, 0.1) is 0 Å². The van der Waals surface area contributed by atoms with E-state index in [4.69, 9.17) is 11.6 Å². The molecule has 1 aliphatic carbocycles. The fourth-order valence-electron chi connectivity index (χ4n) is 0.962. The van der Waals surface area contributed by atoms with Crippen LogP contribution in [-0.4, -0.2) is 5.88 Å². The minimum Gasteiger partial charge on any atom is -0.126 e. The van der Waals surface area contributed by atoms with E-state index >= 15 is 0 Å².